The average molecular weight is 208 g/mol. The fourth-order valence-corrected chi connectivity index (χ4v) is 2.57. The largest absolute Gasteiger partial charge is 0.327 e. The quantitative estimate of drug-likeness (QED) is 0.717. The molecule has 1 heterocycles. The molecule has 1 aliphatic heterocycles. The molecule has 0 radical (unpaired) electrons. The molecule has 86 valence electrons. The van der Waals surface area contributed by atoms with Crippen molar-refractivity contribution in [3.63, 3.8) is 0 Å². The van der Waals surface area contributed by atoms with Gasteiger partial charge in [0.15, 0.2) is 0 Å². The molecule has 4 unspecified atom stereocenters. The Bertz CT molecular complexity index is 231. The van der Waals surface area contributed by atoms with Crippen molar-refractivity contribution in [1.29, 1.82) is 0 Å². The zero-order chi connectivity index (χ0) is 11.4. The summed E-state index contributed by atoms with van der Waals surface area (Å²) in [4.78, 5) is 2.55. The van der Waals surface area contributed by atoms with Crippen molar-refractivity contribution in [3.8, 4) is 12.3 Å². The van der Waals surface area contributed by atoms with Gasteiger partial charge in [0.2, 0.25) is 0 Å². The van der Waals surface area contributed by atoms with Gasteiger partial charge in [-0.1, -0.05) is 13.8 Å². The molecule has 2 nitrogen and oxygen atoms in total. The maximum atomic E-state index is 6.08. The first-order chi connectivity index (χ1) is 7.11. The number of nitrogens with zero attached hydrogens (tertiary/aromatic N) is 1. The highest BCUT2D eigenvalue weighted by Crippen LogP contribution is 2.26. The van der Waals surface area contributed by atoms with Gasteiger partial charge in [-0.3, -0.25) is 4.90 Å². The number of nitrogens with two attached hydrogens (primary N) is 1. The maximum absolute atomic E-state index is 6.08. The van der Waals surface area contributed by atoms with Crippen molar-refractivity contribution in [3.05, 3.63) is 0 Å². The van der Waals surface area contributed by atoms with Crippen LogP contribution in [-0.2, 0) is 0 Å². The van der Waals surface area contributed by atoms with Crippen molar-refractivity contribution in [1.82, 2.24) is 4.90 Å². The molecule has 1 aliphatic rings. The molecule has 2 heteroatoms. The average Bonchev–Trinajstić information content (AvgIpc) is 2.24. The Labute approximate surface area is 94.2 Å². The van der Waals surface area contributed by atoms with Crippen LogP contribution in [0.5, 0.6) is 0 Å². The van der Waals surface area contributed by atoms with Crippen LogP contribution < -0.4 is 5.73 Å². The van der Waals surface area contributed by atoms with Crippen LogP contribution in [-0.4, -0.2) is 29.6 Å². The standard InChI is InChI=1S/C13H24N2/c1-5-7-12(6-2)15-9-8-13(14)10(3)11(15)4/h1,10-13H,6-9,14H2,2-4H3. The van der Waals surface area contributed by atoms with Gasteiger partial charge in [0, 0.05) is 31.1 Å². The van der Waals surface area contributed by atoms with Crippen LogP contribution in [0.25, 0.3) is 0 Å². The fraction of sp³-hybridized carbons (Fsp3) is 0.846. The van der Waals surface area contributed by atoms with Gasteiger partial charge in [-0.2, -0.15) is 0 Å². The van der Waals surface area contributed by atoms with Gasteiger partial charge in [0.05, 0.1) is 0 Å². The van der Waals surface area contributed by atoms with Gasteiger partial charge >= 0.3 is 0 Å². The van der Waals surface area contributed by atoms with Crippen LogP contribution in [0.3, 0.4) is 0 Å². The molecule has 0 aromatic carbocycles. The number of hydrogen-bond acceptors (Lipinski definition) is 2. The molecule has 1 rings (SSSR count). The number of likely N-dealkylation sites (tertiary alicyclic amines) is 1. The predicted molar refractivity (Wildman–Crippen MR) is 65.5 cm³/mol. The van der Waals surface area contributed by atoms with Crippen LogP contribution in [0.15, 0.2) is 0 Å². The first-order valence-corrected chi connectivity index (χ1v) is 6.06. The van der Waals surface area contributed by atoms with E-state index >= 15 is 0 Å². The minimum absolute atomic E-state index is 0.361. The van der Waals surface area contributed by atoms with E-state index in [1.54, 1.807) is 0 Å². The van der Waals surface area contributed by atoms with Gasteiger partial charge in [-0.15, -0.1) is 12.3 Å². The topological polar surface area (TPSA) is 29.3 Å². The van der Waals surface area contributed by atoms with E-state index < -0.39 is 0 Å². The molecule has 1 fully saturated rings. The lowest BCUT2D eigenvalue weighted by atomic mass is 9.86. The summed E-state index contributed by atoms with van der Waals surface area (Å²) in [6.45, 7) is 7.85. The highest BCUT2D eigenvalue weighted by molar-refractivity contribution is 4.95. The highest BCUT2D eigenvalue weighted by Gasteiger charge is 2.33. The third kappa shape index (κ3) is 2.74. The Hall–Kier alpha value is -0.520. The molecule has 0 aromatic heterocycles. The van der Waals surface area contributed by atoms with E-state index in [1.807, 2.05) is 0 Å². The molecule has 15 heavy (non-hydrogen) atoms. The summed E-state index contributed by atoms with van der Waals surface area (Å²) in [6.07, 6.45) is 8.52. The highest BCUT2D eigenvalue weighted by atomic mass is 15.2. The molecule has 0 aromatic rings. The molecular weight excluding hydrogens is 184 g/mol. The van der Waals surface area contributed by atoms with Crippen LogP contribution in [0, 0.1) is 18.3 Å². The smallest absolute Gasteiger partial charge is 0.0242 e. The first-order valence-electron chi connectivity index (χ1n) is 6.06. The number of terminal acetylenes is 1. The van der Waals surface area contributed by atoms with E-state index in [0.717, 1.165) is 25.8 Å². The van der Waals surface area contributed by atoms with E-state index in [4.69, 9.17) is 12.2 Å². The zero-order valence-corrected chi connectivity index (χ0v) is 10.2. The summed E-state index contributed by atoms with van der Waals surface area (Å²) in [6, 6.07) is 1.46. The third-order valence-electron chi connectivity index (χ3n) is 3.97. The van der Waals surface area contributed by atoms with E-state index in [1.165, 1.54) is 0 Å². The second kappa shape index (κ2) is 5.53. The van der Waals surface area contributed by atoms with Crippen molar-refractivity contribution >= 4 is 0 Å². The van der Waals surface area contributed by atoms with Crippen molar-refractivity contribution in [2.75, 3.05) is 6.54 Å². The molecule has 4 atom stereocenters. The molecule has 1 saturated heterocycles. The Morgan fingerprint density at radius 1 is 1.53 bits per heavy atom. The second-order valence-corrected chi connectivity index (χ2v) is 4.76. The zero-order valence-electron chi connectivity index (χ0n) is 10.2. The van der Waals surface area contributed by atoms with Gasteiger partial charge in [0.1, 0.15) is 0 Å². The minimum Gasteiger partial charge on any atom is -0.327 e. The lowest BCUT2D eigenvalue weighted by Crippen LogP contribution is -2.54. The molecule has 0 saturated carbocycles. The van der Waals surface area contributed by atoms with E-state index in [2.05, 4.69) is 31.6 Å². The predicted octanol–water partition coefficient (Wildman–Crippen LogP) is 1.85. The van der Waals surface area contributed by atoms with Gasteiger partial charge < -0.3 is 5.73 Å². The monoisotopic (exact) mass is 208 g/mol. The molecule has 0 spiro atoms. The number of piperidine rings is 1. The van der Waals surface area contributed by atoms with Gasteiger partial charge in [-0.05, 0) is 25.7 Å². The molecular formula is C13H24N2. The third-order valence-corrected chi connectivity index (χ3v) is 3.97. The summed E-state index contributed by atoms with van der Waals surface area (Å²) in [5, 5.41) is 0. The van der Waals surface area contributed by atoms with Crippen LogP contribution in [0.2, 0.25) is 0 Å². The Kier molecular flexibility index (Phi) is 4.63. The number of hydrogen-bond donors (Lipinski definition) is 1. The minimum atomic E-state index is 0.361. The molecule has 2 N–H and O–H groups in total. The molecule has 0 bridgehead atoms. The summed E-state index contributed by atoms with van der Waals surface area (Å²) >= 11 is 0. The Morgan fingerprint density at radius 3 is 2.73 bits per heavy atom. The van der Waals surface area contributed by atoms with Gasteiger partial charge in [0.25, 0.3) is 0 Å². The molecule has 0 amide bonds. The van der Waals surface area contributed by atoms with E-state index in [-0.39, 0.29) is 0 Å². The van der Waals surface area contributed by atoms with Crippen LogP contribution >= 0.6 is 0 Å². The fourth-order valence-electron chi connectivity index (χ4n) is 2.57. The van der Waals surface area contributed by atoms with E-state index in [9.17, 15) is 0 Å². The summed E-state index contributed by atoms with van der Waals surface area (Å²) in [5.41, 5.74) is 6.08. The lowest BCUT2D eigenvalue weighted by Gasteiger charge is -2.45. The summed E-state index contributed by atoms with van der Waals surface area (Å²) in [7, 11) is 0. The van der Waals surface area contributed by atoms with Crippen molar-refractivity contribution in [2.45, 2.75) is 58.2 Å². The SMILES string of the molecule is C#CCC(CC)N1CCC(N)C(C)C1C. The lowest BCUT2D eigenvalue weighted by molar-refractivity contribution is 0.0562. The van der Waals surface area contributed by atoms with Crippen molar-refractivity contribution < 1.29 is 0 Å². The Morgan fingerprint density at radius 2 is 2.20 bits per heavy atom. The normalized spacial score (nSPS) is 34.7. The second-order valence-electron chi connectivity index (χ2n) is 4.76. The molecule has 0 aliphatic carbocycles. The summed E-state index contributed by atoms with van der Waals surface area (Å²) < 4.78 is 0. The maximum Gasteiger partial charge on any atom is 0.0242 e. The van der Waals surface area contributed by atoms with Gasteiger partial charge in [-0.25, -0.2) is 0 Å². The first kappa shape index (κ1) is 12.5. The number of rotatable bonds is 3. The van der Waals surface area contributed by atoms with Crippen LogP contribution in [0.4, 0.5) is 0 Å². The summed E-state index contributed by atoms with van der Waals surface area (Å²) in [5.74, 6) is 3.36. The Balaban J connectivity index is 2.65. The van der Waals surface area contributed by atoms with Crippen molar-refractivity contribution in [2.24, 2.45) is 11.7 Å². The van der Waals surface area contributed by atoms with E-state index in [0.29, 0.717) is 24.0 Å². The van der Waals surface area contributed by atoms with Crippen LogP contribution in [0.1, 0.15) is 40.0 Å².